The van der Waals surface area contributed by atoms with Crippen molar-refractivity contribution in [2.45, 2.75) is 59.2 Å². The molecule has 0 unspecified atom stereocenters. The van der Waals surface area contributed by atoms with Crippen molar-refractivity contribution in [1.29, 1.82) is 0 Å². The van der Waals surface area contributed by atoms with Crippen LogP contribution in [0.3, 0.4) is 0 Å². The van der Waals surface area contributed by atoms with Gasteiger partial charge in [-0.3, -0.25) is 13.9 Å². The Labute approximate surface area is 219 Å². The molecule has 10 heteroatoms. The quantitative estimate of drug-likeness (QED) is 0.412. The van der Waals surface area contributed by atoms with E-state index >= 15 is 0 Å². The first kappa shape index (κ1) is 29.5. The minimum absolute atomic E-state index is 0.0482. The van der Waals surface area contributed by atoms with Crippen LogP contribution in [0.4, 0.5) is 5.69 Å². The lowest BCUT2D eigenvalue weighted by atomic mass is 10.1. The number of para-hydroxylation sites is 2. The van der Waals surface area contributed by atoms with Crippen molar-refractivity contribution in [3.63, 3.8) is 0 Å². The van der Waals surface area contributed by atoms with Crippen molar-refractivity contribution in [3.8, 4) is 5.75 Å². The van der Waals surface area contributed by atoms with Gasteiger partial charge in [-0.1, -0.05) is 41.9 Å². The molecule has 0 heterocycles. The fraction of sp³-hybridized carbons (Fsp3) is 0.462. The number of benzene rings is 2. The fourth-order valence-corrected chi connectivity index (χ4v) is 4.89. The van der Waals surface area contributed by atoms with Gasteiger partial charge >= 0.3 is 0 Å². The first-order valence-electron chi connectivity index (χ1n) is 12.0. The van der Waals surface area contributed by atoms with Gasteiger partial charge in [0.2, 0.25) is 21.8 Å². The molecule has 2 aromatic carbocycles. The highest BCUT2D eigenvalue weighted by Crippen LogP contribution is 2.30. The molecule has 0 aromatic heterocycles. The Bertz CT molecular complexity index is 1140. The molecule has 0 radical (unpaired) electrons. The predicted octanol–water partition coefficient (Wildman–Crippen LogP) is 4.23. The number of hydrogen-bond donors (Lipinski definition) is 1. The Morgan fingerprint density at radius 1 is 1.06 bits per heavy atom. The molecule has 0 bridgehead atoms. The molecular formula is C26H36ClN3O5S. The molecule has 0 aliphatic heterocycles. The highest BCUT2D eigenvalue weighted by atomic mass is 35.5. The van der Waals surface area contributed by atoms with Crippen LogP contribution in [0.15, 0.2) is 48.5 Å². The summed E-state index contributed by atoms with van der Waals surface area (Å²) in [4.78, 5) is 27.6. The lowest BCUT2D eigenvalue weighted by Gasteiger charge is -2.30. The summed E-state index contributed by atoms with van der Waals surface area (Å²) in [6, 6.07) is 13.3. The number of rotatable bonds is 13. The lowest BCUT2D eigenvalue weighted by molar-refractivity contribution is -0.140. The van der Waals surface area contributed by atoms with Crippen LogP contribution in [0, 0.1) is 0 Å². The second kappa shape index (κ2) is 13.5. The van der Waals surface area contributed by atoms with Gasteiger partial charge in [0, 0.05) is 30.6 Å². The largest absolute Gasteiger partial charge is 0.492 e. The van der Waals surface area contributed by atoms with E-state index in [0.717, 1.165) is 11.8 Å². The van der Waals surface area contributed by atoms with Gasteiger partial charge in [-0.05, 0) is 57.9 Å². The minimum Gasteiger partial charge on any atom is -0.492 e. The summed E-state index contributed by atoms with van der Waals surface area (Å²) in [6.07, 6.45) is 1.43. The highest BCUT2D eigenvalue weighted by Gasteiger charge is 2.28. The van der Waals surface area contributed by atoms with E-state index < -0.39 is 16.1 Å². The molecule has 198 valence electrons. The second-order valence-electron chi connectivity index (χ2n) is 8.79. The number of halogens is 1. The van der Waals surface area contributed by atoms with E-state index in [2.05, 4.69) is 5.32 Å². The van der Waals surface area contributed by atoms with E-state index in [9.17, 15) is 18.0 Å². The summed E-state index contributed by atoms with van der Waals surface area (Å²) in [5, 5.41) is 3.35. The van der Waals surface area contributed by atoms with E-state index in [1.165, 1.54) is 9.21 Å². The van der Waals surface area contributed by atoms with E-state index in [1.807, 2.05) is 32.9 Å². The number of hydrogen-bond acceptors (Lipinski definition) is 5. The monoisotopic (exact) mass is 537 g/mol. The Hall–Kier alpha value is -2.78. The number of carbonyl (C=O) groups is 2. The maximum atomic E-state index is 13.3. The standard InChI is InChI=1S/C26H36ClN3O5S/c1-6-35-24-15-10-9-14-23(24)30(36(5,33)34)17-11-16-25(31)29(20(4)26(32)28-19(2)3)18-21-12-7-8-13-22(21)27/h7-10,12-15,19-20H,6,11,16-18H2,1-5H3,(H,28,32)/t20-/m0/s1. The van der Waals surface area contributed by atoms with Gasteiger partial charge in [-0.15, -0.1) is 0 Å². The Kier molecular flexibility index (Phi) is 11.0. The van der Waals surface area contributed by atoms with Crippen molar-refractivity contribution in [3.05, 3.63) is 59.1 Å². The maximum Gasteiger partial charge on any atom is 0.242 e. The minimum atomic E-state index is -3.63. The van der Waals surface area contributed by atoms with E-state index in [4.69, 9.17) is 16.3 Å². The van der Waals surface area contributed by atoms with Crippen LogP contribution < -0.4 is 14.4 Å². The third-order valence-electron chi connectivity index (χ3n) is 5.48. The number of ether oxygens (including phenoxy) is 1. The van der Waals surface area contributed by atoms with Crippen LogP contribution in [0.1, 0.15) is 46.1 Å². The molecule has 2 amide bonds. The third kappa shape index (κ3) is 8.41. The molecule has 36 heavy (non-hydrogen) atoms. The van der Waals surface area contributed by atoms with Crippen LogP contribution in [-0.4, -0.2) is 56.6 Å². The molecule has 8 nitrogen and oxygen atoms in total. The summed E-state index contributed by atoms with van der Waals surface area (Å²) in [6.45, 7) is 7.84. The van der Waals surface area contributed by atoms with Gasteiger partial charge < -0.3 is 15.0 Å². The number of carbonyl (C=O) groups excluding carboxylic acids is 2. The predicted molar refractivity (Wildman–Crippen MR) is 144 cm³/mol. The zero-order valence-electron chi connectivity index (χ0n) is 21.5. The van der Waals surface area contributed by atoms with Crippen molar-refractivity contribution < 1.29 is 22.7 Å². The average Bonchev–Trinajstić information content (AvgIpc) is 2.80. The molecule has 2 aromatic rings. The zero-order chi connectivity index (χ0) is 26.9. The fourth-order valence-electron chi connectivity index (χ4n) is 3.72. The topological polar surface area (TPSA) is 96.0 Å². The number of anilines is 1. The summed E-state index contributed by atoms with van der Waals surface area (Å²) in [5.41, 5.74) is 1.15. The lowest BCUT2D eigenvalue weighted by Crippen LogP contribution is -2.49. The number of amides is 2. The van der Waals surface area contributed by atoms with E-state index in [-0.39, 0.29) is 43.8 Å². The summed E-state index contributed by atoms with van der Waals surface area (Å²) in [7, 11) is -3.63. The molecule has 0 aliphatic carbocycles. The van der Waals surface area contributed by atoms with Crippen LogP contribution in [0.2, 0.25) is 5.02 Å². The Balaban J connectivity index is 2.22. The molecule has 0 fully saturated rings. The van der Waals surface area contributed by atoms with Crippen LogP contribution in [0.25, 0.3) is 0 Å². The van der Waals surface area contributed by atoms with E-state index in [0.29, 0.717) is 23.1 Å². The molecule has 0 saturated carbocycles. The Morgan fingerprint density at radius 2 is 1.69 bits per heavy atom. The molecule has 1 atom stereocenters. The smallest absolute Gasteiger partial charge is 0.242 e. The summed E-state index contributed by atoms with van der Waals surface area (Å²) in [5.74, 6) is -0.0854. The van der Waals surface area contributed by atoms with Gasteiger partial charge in [-0.25, -0.2) is 8.42 Å². The molecule has 0 spiro atoms. The summed E-state index contributed by atoms with van der Waals surface area (Å²) < 4.78 is 32.0. The molecular weight excluding hydrogens is 502 g/mol. The second-order valence-corrected chi connectivity index (χ2v) is 11.1. The van der Waals surface area contributed by atoms with Gasteiger partial charge in [-0.2, -0.15) is 0 Å². The van der Waals surface area contributed by atoms with Crippen molar-refractivity contribution in [1.82, 2.24) is 10.2 Å². The average molecular weight is 538 g/mol. The zero-order valence-corrected chi connectivity index (χ0v) is 23.1. The molecule has 0 saturated heterocycles. The van der Waals surface area contributed by atoms with Crippen LogP contribution >= 0.6 is 11.6 Å². The normalized spacial score (nSPS) is 12.2. The van der Waals surface area contributed by atoms with Gasteiger partial charge in [0.15, 0.2) is 0 Å². The van der Waals surface area contributed by atoms with Crippen LogP contribution in [0.5, 0.6) is 5.75 Å². The highest BCUT2D eigenvalue weighted by molar-refractivity contribution is 7.92. The molecule has 1 N–H and O–H groups in total. The van der Waals surface area contributed by atoms with Crippen LogP contribution in [-0.2, 0) is 26.2 Å². The van der Waals surface area contributed by atoms with E-state index in [1.54, 1.807) is 43.3 Å². The van der Waals surface area contributed by atoms with Crippen molar-refractivity contribution >= 4 is 39.1 Å². The number of nitrogens with one attached hydrogen (secondary N) is 1. The summed E-state index contributed by atoms with van der Waals surface area (Å²) >= 11 is 6.32. The number of nitrogens with zero attached hydrogens (tertiary/aromatic N) is 2. The van der Waals surface area contributed by atoms with Gasteiger partial charge in [0.25, 0.3) is 0 Å². The first-order chi connectivity index (χ1) is 17.0. The Morgan fingerprint density at radius 3 is 2.31 bits per heavy atom. The SMILES string of the molecule is CCOc1ccccc1N(CCCC(=O)N(Cc1ccccc1Cl)[C@@H](C)C(=O)NC(C)C)S(C)(=O)=O. The third-order valence-corrected chi connectivity index (χ3v) is 7.03. The molecule has 0 aliphatic rings. The van der Waals surface area contributed by atoms with Gasteiger partial charge in [0.1, 0.15) is 11.8 Å². The maximum absolute atomic E-state index is 13.3. The van der Waals surface area contributed by atoms with Gasteiger partial charge in [0.05, 0.1) is 18.6 Å². The van der Waals surface area contributed by atoms with Crippen molar-refractivity contribution in [2.75, 3.05) is 23.7 Å². The van der Waals surface area contributed by atoms with Crippen molar-refractivity contribution in [2.24, 2.45) is 0 Å². The molecule has 2 rings (SSSR count). The number of sulfonamides is 1. The first-order valence-corrected chi connectivity index (χ1v) is 14.2.